The van der Waals surface area contributed by atoms with Crippen LogP contribution >= 0.6 is 35.0 Å². The van der Waals surface area contributed by atoms with Crippen LogP contribution in [0, 0.1) is 0 Å². The van der Waals surface area contributed by atoms with Gasteiger partial charge in [-0.15, -0.1) is 0 Å². The first-order chi connectivity index (χ1) is 7.59. The third-order valence-electron chi connectivity index (χ3n) is 2.22. The minimum Gasteiger partial charge on any atom is -0.273 e. The van der Waals surface area contributed by atoms with E-state index in [1.807, 2.05) is 0 Å². The molecule has 16 heavy (non-hydrogen) atoms. The number of imide groups is 1. The number of carbonyl (C=O) groups excluding carboxylic acids is 2. The van der Waals surface area contributed by atoms with Gasteiger partial charge in [-0.25, -0.2) is 0 Å². The summed E-state index contributed by atoms with van der Waals surface area (Å²) in [6.07, 6.45) is 0. The van der Waals surface area contributed by atoms with Crippen LogP contribution in [0.1, 0.15) is 5.56 Å². The Morgan fingerprint density at radius 1 is 1.25 bits per heavy atom. The largest absolute Gasteiger partial charge is 0.289 e. The van der Waals surface area contributed by atoms with Crippen molar-refractivity contribution in [3.05, 3.63) is 33.8 Å². The second-order valence-corrected chi connectivity index (χ2v) is 4.98. The highest BCUT2D eigenvalue weighted by Gasteiger charge is 2.30. The van der Waals surface area contributed by atoms with Gasteiger partial charge in [0.15, 0.2) is 0 Å². The first-order valence-corrected chi connectivity index (χ1v) is 6.24. The number of carbonyl (C=O) groups is 2. The highest BCUT2D eigenvalue weighted by Crippen LogP contribution is 2.28. The zero-order valence-electron chi connectivity index (χ0n) is 8.07. The monoisotopic (exact) mass is 275 g/mol. The highest BCUT2D eigenvalue weighted by atomic mass is 35.5. The molecule has 1 aromatic rings. The van der Waals surface area contributed by atoms with Gasteiger partial charge in [0, 0.05) is 15.6 Å². The topological polar surface area (TPSA) is 37.4 Å². The van der Waals surface area contributed by atoms with E-state index in [0.717, 1.165) is 16.7 Å². The number of halogens is 2. The van der Waals surface area contributed by atoms with Gasteiger partial charge in [0.2, 0.25) is 5.91 Å². The molecule has 0 atom stereocenters. The molecule has 0 N–H and O–H groups in total. The van der Waals surface area contributed by atoms with Crippen LogP contribution in [0.15, 0.2) is 18.2 Å². The molecule has 84 valence electrons. The van der Waals surface area contributed by atoms with Gasteiger partial charge in [-0.05, 0) is 12.1 Å². The maximum Gasteiger partial charge on any atom is 0.289 e. The number of hydrogen-bond acceptors (Lipinski definition) is 3. The maximum absolute atomic E-state index is 11.4. The maximum atomic E-state index is 11.4. The summed E-state index contributed by atoms with van der Waals surface area (Å²) in [5, 5.41) is 0.677. The SMILES string of the molecule is O=C1CSC(=O)N1Cc1c(Cl)cccc1Cl. The predicted octanol–water partition coefficient (Wildman–Crippen LogP) is 3.19. The van der Waals surface area contributed by atoms with Crippen LogP contribution in [0.4, 0.5) is 4.79 Å². The molecular weight excluding hydrogens is 269 g/mol. The molecule has 0 radical (unpaired) electrons. The molecule has 2 rings (SSSR count). The molecule has 1 saturated heterocycles. The minimum absolute atomic E-state index is 0.142. The van der Waals surface area contributed by atoms with Gasteiger partial charge in [-0.3, -0.25) is 14.5 Å². The lowest BCUT2D eigenvalue weighted by molar-refractivity contribution is -0.125. The lowest BCUT2D eigenvalue weighted by Crippen LogP contribution is -2.28. The van der Waals surface area contributed by atoms with Crippen molar-refractivity contribution in [1.29, 1.82) is 0 Å². The molecule has 0 aromatic heterocycles. The van der Waals surface area contributed by atoms with Crippen molar-refractivity contribution in [1.82, 2.24) is 4.90 Å². The average Bonchev–Trinajstić information content (AvgIpc) is 2.54. The number of nitrogens with zero attached hydrogens (tertiary/aromatic N) is 1. The molecule has 3 nitrogen and oxygen atoms in total. The van der Waals surface area contributed by atoms with Crippen molar-refractivity contribution in [2.45, 2.75) is 6.54 Å². The van der Waals surface area contributed by atoms with E-state index in [1.54, 1.807) is 18.2 Å². The molecule has 0 saturated carbocycles. The molecular formula is C10H7Cl2NO2S. The third-order valence-corrected chi connectivity index (χ3v) is 3.79. The van der Waals surface area contributed by atoms with Gasteiger partial charge in [-0.1, -0.05) is 41.0 Å². The Balaban J connectivity index is 2.27. The molecule has 0 spiro atoms. The molecule has 0 bridgehead atoms. The number of hydrogen-bond donors (Lipinski definition) is 0. The summed E-state index contributed by atoms with van der Waals surface area (Å²) in [4.78, 5) is 24.0. The Hall–Kier alpha value is -0.710. The van der Waals surface area contributed by atoms with Crippen molar-refractivity contribution in [2.75, 3.05) is 5.75 Å². The standard InChI is InChI=1S/C10H7Cl2NO2S/c11-7-2-1-3-8(12)6(7)4-13-9(14)5-16-10(13)15/h1-3H,4-5H2. The fourth-order valence-electron chi connectivity index (χ4n) is 1.38. The van der Waals surface area contributed by atoms with Gasteiger partial charge in [-0.2, -0.15) is 0 Å². The van der Waals surface area contributed by atoms with Crippen LogP contribution in [0.5, 0.6) is 0 Å². The molecule has 0 aliphatic carbocycles. The van der Waals surface area contributed by atoms with Crippen molar-refractivity contribution in [3.8, 4) is 0 Å². The summed E-state index contributed by atoms with van der Waals surface area (Å²) in [5.74, 6) is -0.00745. The lowest BCUT2D eigenvalue weighted by Gasteiger charge is -2.14. The van der Waals surface area contributed by atoms with E-state index in [2.05, 4.69) is 0 Å². The summed E-state index contributed by atoms with van der Waals surface area (Å²) in [6.45, 7) is 0.142. The van der Waals surface area contributed by atoms with Crippen LogP contribution in [0.25, 0.3) is 0 Å². The summed E-state index contributed by atoms with van der Waals surface area (Å²) < 4.78 is 0. The third kappa shape index (κ3) is 2.19. The Kier molecular flexibility index (Phi) is 3.42. The Morgan fingerprint density at radius 2 is 1.88 bits per heavy atom. The summed E-state index contributed by atoms with van der Waals surface area (Å²) in [7, 11) is 0. The van der Waals surface area contributed by atoms with Crippen molar-refractivity contribution in [3.63, 3.8) is 0 Å². The van der Waals surface area contributed by atoms with E-state index in [0.29, 0.717) is 15.6 Å². The van der Waals surface area contributed by atoms with E-state index in [-0.39, 0.29) is 23.4 Å². The fraction of sp³-hybridized carbons (Fsp3) is 0.200. The van der Waals surface area contributed by atoms with Crippen molar-refractivity contribution >= 4 is 46.1 Å². The van der Waals surface area contributed by atoms with Crippen LogP contribution in [-0.4, -0.2) is 21.8 Å². The number of rotatable bonds is 2. The molecule has 0 unspecified atom stereocenters. The summed E-state index contributed by atoms with van der Waals surface area (Å²) >= 11 is 12.9. The van der Waals surface area contributed by atoms with Crippen molar-refractivity contribution in [2.24, 2.45) is 0 Å². The van der Waals surface area contributed by atoms with Gasteiger partial charge in [0.05, 0.1) is 12.3 Å². The van der Waals surface area contributed by atoms with Gasteiger partial charge < -0.3 is 0 Å². The first kappa shape index (κ1) is 11.8. The lowest BCUT2D eigenvalue weighted by atomic mass is 10.2. The number of thioether (sulfide) groups is 1. The van der Waals surface area contributed by atoms with E-state index in [1.165, 1.54) is 0 Å². The second-order valence-electron chi connectivity index (χ2n) is 3.23. The smallest absolute Gasteiger partial charge is 0.273 e. The van der Waals surface area contributed by atoms with Gasteiger partial charge >= 0.3 is 0 Å². The van der Waals surface area contributed by atoms with E-state index < -0.39 is 0 Å². The van der Waals surface area contributed by atoms with Crippen LogP contribution < -0.4 is 0 Å². The van der Waals surface area contributed by atoms with Gasteiger partial charge in [0.25, 0.3) is 5.24 Å². The molecule has 1 fully saturated rings. The molecule has 6 heteroatoms. The zero-order valence-corrected chi connectivity index (χ0v) is 10.4. The highest BCUT2D eigenvalue weighted by molar-refractivity contribution is 8.14. The Labute approximate surface area is 107 Å². The zero-order chi connectivity index (χ0) is 11.7. The second kappa shape index (κ2) is 4.65. The van der Waals surface area contributed by atoms with E-state index >= 15 is 0 Å². The Morgan fingerprint density at radius 3 is 2.38 bits per heavy atom. The predicted molar refractivity (Wildman–Crippen MR) is 64.9 cm³/mol. The molecule has 2 amide bonds. The fourth-order valence-corrected chi connectivity index (χ4v) is 2.62. The van der Waals surface area contributed by atoms with E-state index in [4.69, 9.17) is 23.2 Å². The molecule has 1 heterocycles. The number of amides is 2. The van der Waals surface area contributed by atoms with Crippen molar-refractivity contribution < 1.29 is 9.59 Å². The minimum atomic E-state index is -0.249. The van der Waals surface area contributed by atoms with Crippen LogP contribution in [-0.2, 0) is 11.3 Å². The number of benzene rings is 1. The molecule has 1 aliphatic rings. The van der Waals surface area contributed by atoms with E-state index in [9.17, 15) is 9.59 Å². The van der Waals surface area contributed by atoms with Crippen LogP contribution in [0.2, 0.25) is 10.0 Å². The normalized spacial score (nSPS) is 16.0. The van der Waals surface area contributed by atoms with Gasteiger partial charge in [0.1, 0.15) is 0 Å². The van der Waals surface area contributed by atoms with Crippen LogP contribution in [0.3, 0.4) is 0 Å². The average molecular weight is 276 g/mol. The summed E-state index contributed by atoms with van der Waals surface area (Å²) in [6, 6.07) is 5.08. The summed E-state index contributed by atoms with van der Waals surface area (Å²) in [5.41, 5.74) is 0.607. The first-order valence-electron chi connectivity index (χ1n) is 4.49. The molecule has 1 aliphatic heterocycles. The molecule has 1 aromatic carbocycles. The Bertz CT molecular complexity index is 428. The quantitative estimate of drug-likeness (QED) is 0.832.